The van der Waals surface area contributed by atoms with E-state index in [2.05, 4.69) is 52.0 Å². The molecule has 0 unspecified atom stereocenters. The van der Waals surface area contributed by atoms with Gasteiger partial charge in [-0.2, -0.15) is 0 Å². The first kappa shape index (κ1) is 11.0. The number of aryl methyl sites for hydroxylation is 2. The third-order valence-corrected chi connectivity index (χ3v) is 2.75. The zero-order valence-electron chi connectivity index (χ0n) is 9.72. The Kier molecular flexibility index (Phi) is 3.94. The minimum absolute atomic E-state index is 1.11. The van der Waals surface area contributed by atoms with Crippen molar-refractivity contribution in [2.45, 2.75) is 40.5 Å². The lowest BCUT2D eigenvalue weighted by Gasteiger charge is -2.10. The van der Waals surface area contributed by atoms with E-state index in [9.17, 15) is 0 Å². The van der Waals surface area contributed by atoms with E-state index in [1.165, 1.54) is 22.3 Å². The molecule has 0 heterocycles. The molecule has 76 valence electrons. The fourth-order valence-electron chi connectivity index (χ4n) is 1.78. The van der Waals surface area contributed by atoms with Crippen molar-refractivity contribution in [1.82, 2.24) is 0 Å². The van der Waals surface area contributed by atoms with Gasteiger partial charge in [0.1, 0.15) is 0 Å². The zero-order valence-corrected chi connectivity index (χ0v) is 9.72. The highest BCUT2D eigenvalue weighted by molar-refractivity contribution is 5.59. The third kappa shape index (κ3) is 2.25. The lowest BCUT2D eigenvalue weighted by molar-refractivity contribution is 1.10. The maximum Gasteiger partial charge on any atom is -0.0198 e. The third-order valence-electron chi connectivity index (χ3n) is 2.75. The molecular weight excluding hydrogens is 168 g/mol. The Hall–Kier alpha value is -1.04. The molecule has 0 aliphatic heterocycles. The summed E-state index contributed by atoms with van der Waals surface area (Å²) in [4.78, 5) is 0. The Labute approximate surface area is 87.7 Å². The molecule has 0 heteroatoms. The van der Waals surface area contributed by atoms with Crippen molar-refractivity contribution in [3.05, 3.63) is 40.5 Å². The SMILES string of the molecule is CC/C=C\c1c(C)ccc(CC)c1C. The molecule has 0 saturated carbocycles. The molecule has 0 nitrogen and oxygen atoms in total. The monoisotopic (exact) mass is 188 g/mol. The van der Waals surface area contributed by atoms with Crippen LogP contribution in [0.1, 0.15) is 42.5 Å². The Balaban J connectivity index is 3.18. The van der Waals surface area contributed by atoms with Gasteiger partial charge in [-0.3, -0.25) is 0 Å². The molecule has 14 heavy (non-hydrogen) atoms. The smallest absolute Gasteiger partial charge is 0.0198 e. The van der Waals surface area contributed by atoms with E-state index in [0.717, 1.165) is 12.8 Å². The summed E-state index contributed by atoms with van der Waals surface area (Å²) in [6.07, 6.45) is 6.72. The van der Waals surface area contributed by atoms with Crippen molar-refractivity contribution in [2.75, 3.05) is 0 Å². The lowest BCUT2D eigenvalue weighted by atomic mass is 9.96. The number of allylic oxidation sites excluding steroid dienone is 1. The van der Waals surface area contributed by atoms with Crippen LogP contribution in [0.4, 0.5) is 0 Å². The van der Waals surface area contributed by atoms with Crippen molar-refractivity contribution in [2.24, 2.45) is 0 Å². The molecule has 1 aromatic rings. The van der Waals surface area contributed by atoms with E-state index in [1.807, 2.05) is 0 Å². The van der Waals surface area contributed by atoms with Crippen LogP contribution in [0, 0.1) is 13.8 Å². The van der Waals surface area contributed by atoms with Gasteiger partial charge in [-0.25, -0.2) is 0 Å². The van der Waals surface area contributed by atoms with Crippen molar-refractivity contribution in [3.63, 3.8) is 0 Å². The summed E-state index contributed by atoms with van der Waals surface area (Å²) in [6.45, 7) is 8.79. The van der Waals surface area contributed by atoms with Crippen LogP contribution in [0.5, 0.6) is 0 Å². The first-order valence-corrected chi connectivity index (χ1v) is 5.46. The first-order valence-electron chi connectivity index (χ1n) is 5.46. The molecule has 0 aromatic heterocycles. The summed E-state index contributed by atoms with van der Waals surface area (Å²) < 4.78 is 0. The summed E-state index contributed by atoms with van der Waals surface area (Å²) in [6, 6.07) is 4.47. The highest BCUT2D eigenvalue weighted by atomic mass is 14.1. The van der Waals surface area contributed by atoms with Crippen molar-refractivity contribution < 1.29 is 0 Å². The standard InChI is InChI=1S/C14H20/c1-5-7-8-14-11(3)9-10-13(6-2)12(14)4/h7-10H,5-6H2,1-4H3/b8-7-. The Morgan fingerprint density at radius 2 is 1.86 bits per heavy atom. The second-order valence-corrected chi connectivity index (χ2v) is 3.74. The van der Waals surface area contributed by atoms with Gasteiger partial charge in [0, 0.05) is 0 Å². The minimum atomic E-state index is 1.11. The molecule has 0 aliphatic carbocycles. The van der Waals surface area contributed by atoms with E-state index in [0.29, 0.717) is 0 Å². The maximum absolute atomic E-state index is 2.25. The van der Waals surface area contributed by atoms with Gasteiger partial charge in [-0.1, -0.05) is 38.1 Å². The molecule has 1 rings (SSSR count). The van der Waals surface area contributed by atoms with Crippen molar-refractivity contribution >= 4 is 6.08 Å². The normalized spacial score (nSPS) is 11.1. The van der Waals surface area contributed by atoms with Crippen molar-refractivity contribution in [3.8, 4) is 0 Å². The van der Waals surface area contributed by atoms with Gasteiger partial charge in [0.25, 0.3) is 0 Å². The lowest BCUT2D eigenvalue weighted by Crippen LogP contribution is -1.93. The summed E-state index contributed by atoms with van der Waals surface area (Å²) >= 11 is 0. The van der Waals surface area contributed by atoms with Gasteiger partial charge < -0.3 is 0 Å². The van der Waals surface area contributed by atoms with Crippen molar-refractivity contribution in [1.29, 1.82) is 0 Å². The maximum atomic E-state index is 2.25. The van der Waals surface area contributed by atoms with Crippen LogP contribution in [0.2, 0.25) is 0 Å². The van der Waals surface area contributed by atoms with Gasteiger partial charge in [0.2, 0.25) is 0 Å². The van der Waals surface area contributed by atoms with Crippen LogP contribution >= 0.6 is 0 Å². The summed E-state index contributed by atoms with van der Waals surface area (Å²) in [5, 5.41) is 0. The summed E-state index contributed by atoms with van der Waals surface area (Å²) in [5.74, 6) is 0. The van der Waals surface area contributed by atoms with Crippen LogP contribution in [-0.4, -0.2) is 0 Å². The molecule has 0 bridgehead atoms. The minimum Gasteiger partial charge on any atom is -0.0842 e. The number of rotatable bonds is 3. The molecule has 0 N–H and O–H groups in total. The summed E-state index contributed by atoms with van der Waals surface area (Å²) in [7, 11) is 0. The largest absolute Gasteiger partial charge is 0.0842 e. The molecule has 0 amide bonds. The van der Waals surface area contributed by atoms with Gasteiger partial charge in [0.15, 0.2) is 0 Å². The van der Waals surface area contributed by atoms with Crippen LogP contribution < -0.4 is 0 Å². The molecule has 0 fully saturated rings. The fourth-order valence-corrected chi connectivity index (χ4v) is 1.78. The van der Waals surface area contributed by atoms with Gasteiger partial charge in [0.05, 0.1) is 0 Å². The van der Waals surface area contributed by atoms with Gasteiger partial charge >= 0.3 is 0 Å². The molecule has 0 atom stereocenters. The molecule has 0 radical (unpaired) electrons. The average molecular weight is 188 g/mol. The number of hydrogen-bond donors (Lipinski definition) is 0. The van der Waals surface area contributed by atoms with Gasteiger partial charge in [-0.15, -0.1) is 0 Å². The number of benzene rings is 1. The Bertz CT molecular complexity index is 332. The molecular formula is C14H20. The van der Waals surface area contributed by atoms with E-state index in [1.54, 1.807) is 0 Å². The van der Waals surface area contributed by atoms with Gasteiger partial charge in [-0.05, 0) is 48.9 Å². The predicted molar refractivity (Wildman–Crippen MR) is 64.6 cm³/mol. The van der Waals surface area contributed by atoms with E-state index in [-0.39, 0.29) is 0 Å². The number of hydrogen-bond acceptors (Lipinski definition) is 0. The zero-order chi connectivity index (χ0) is 10.6. The van der Waals surface area contributed by atoms with Crippen LogP contribution in [0.3, 0.4) is 0 Å². The average Bonchev–Trinajstić information content (AvgIpc) is 2.18. The quantitative estimate of drug-likeness (QED) is 0.664. The Morgan fingerprint density at radius 1 is 1.14 bits per heavy atom. The predicted octanol–water partition coefficient (Wildman–Crippen LogP) is 4.29. The molecule has 0 saturated heterocycles. The molecule has 0 spiro atoms. The van der Waals surface area contributed by atoms with Crippen LogP contribution in [0.15, 0.2) is 18.2 Å². The topological polar surface area (TPSA) is 0 Å². The highest BCUT2D eigenvalue weighted by Crippen LogP contribution is 2.20. The van der Waals surface area contributed by atoms with E-state index < -0.39 is 0 Å². The molecule has 1 aromatic carbocycles. The second-order valence-electron chi connectivity index (χ2n) is 3.74. The second kappa shape index (κ2) is 4.99. The summed E-state index contributed by atoms with van der Waals surface area (Å²) in [5.41, 5.74) is 5.69. The Morgan fingerprint density at radius 3 is 2.43 bits per heavy atom. The highest BCUT2D eigenvalue weighted by Gasteiger charge is 2.02. The van der Waals surface area contributed by atoms with Crippen LogP contribution in [0.25, 0.3) is 6.08 Å². The van der Waals surface area contributed by atoms with E-state index in [4.69, 9.17) is 0 Å². The van der Waals surface area contributed by atoms with Crippen LogP contribution in [-0.2, 0) is 6.42 Å². The first-order chi connectivity index (χ1) is 6.70. The molecule has 0 aliphatic rings. The van der Waals surface area contributed by atoms with E-state index >= 15 is 0 Å². The fraction of sp³-hybridized carbons (Fsp3) is 0.429.